The number of nitrogens with one attached hydrogen (secondary N) is 1. The number of thiazole rings is 1. The highest BCUT2D eigenvalue weighted by atomic mass is 32.1. The van der Waals surface area contributed by atoms with Gasteiger partial charge in [-0.15, -0.1) is 23.7 Å². The first-order valence-electron chi connectivity index (χ1n) is 4.41. The minimum atomic E-state index is -0.960. The molecule has 0 saturated heterocycles. The molecule has 15 heavy (non-hydrogen) atoms. The van der Waals surface area contributed by atoms with Crippen molar-refractivity contribution in [2.24, 2.45) is 0 Å². The maximum atomic E-state index is 10.8. The number of hydrogen-bond acceptors (Lipinski definition) is 4. The van der Waals surface area contributed by atoms with Crippen molar-refractivity contribution >= 4 is 22.4 Å². The zero-order valence-corrected chi connectivity index (χ0v) is 9.39. The monoisotopic (exact) mass is 224 g/mol. The Bertz CT molecular complexity index is 387. The third kappa shape index (κ3) is 2.96. The van der Waals surface area contributed by atoms with E-state index in [0.717, 1.165) is 10.6 Å². The molecule has 1 aromatic rings. The lowest BCUT2D eigenvalue weighted by Gasteiger charge is -2.09. The summed E-state index contributed by atoms with van der Waals surface area (Å²) in [6.07, 6.45) is 5.23. The quantitative estimate of drug-likeness (QED) is 0.763. The number of aryl methyl sites for hydroxylation is 2. The van der Waals surface area contributed by atoms with Crippen LogP contribution in [0.1, 0.15) is 17.0 Å². The molecule has 0 aliphatic heterocycles. The highest BCUT2D eigenvalue weighted by Crippen LogP contribution is 2.22. The Morgan fingerprint density at radius 1 is 1.73 bits per heavy atom. The summed E-state index contributed by atoms with van der Waals surface area (Å²) in [5, 5.41) is 12.3. The summed E-state index contributed by atoms with van der Waals surface area (Å²) in [5.41, 5.74) is 0.910. The molecule has 0 aromatic carbocycles. The fourth-order valence-electron chi connectivity index (χ4n) is 1.00. The molecule has 4 nitrogen and oxygen atoms in total. The number of anilines is 1. The Morgan fingerprint density at radius 3 is 2.80 bits per heavy atom. The molecule has 0 radical (unpaired) electrons. The molecule has 80 valence electrons. The van der Waals surface area contributed by atoms with Gasteiger partial charge in [0.25, 0.3) is 0 Å². The van der Waals surface area contributed by atoms with Gasteiger partial charge in [0, 0.05) is 11.3 Å². The van der Waals surface area contributed by atoms with E-state index in [0.29, 0.717) is 5.13 Å². The van der Waals surface area contributed by atoms with Gasteiger partial charge in [-0.2, -0.15) is 0 Å². The molecule has 0 aliphatic rings. The molecule has 5 heteroatoms. The van der Waals surface area contributed by atoms with Gasteiger partial charge in [-0.05, 0) is 13.8 Å². The van der Waals surface area contributed by atoms with Crippen molar-refractivity contribution in [3.63, 3.8) is 0 Å². The van der Waals surface area contributed by atoms with Crippen molar-refractivity contribution in [2.75, 3.05) is 5.32 Å². The molecule has 0 bridgehead atoms. The van der Waals surface area contributed by atoms with Gasteiger partial charge < -0.3 is 10.4 Å². The van der Waals surface area contributed by atoms with Crippen LogP contribution in [-0.4, -0.2) is 22.1 Å². The fraction of sp³-hybridized carbons (Fsp3) is 0.400. The van der Waals surface area contributed by atoms with Crippen LogP contribution in [0, 0.1) is 26.2 Å². The molecule has 1 heterocycles. The van der Waals surface area contributed by atoms with Gasteiger partial charge in [0.1, 0.15) is 6.04 Å². The third-order valence-corrected chi connectivity index (χ3v) is 2.95. The standard InChI is InChI=1S/C10H12N2O2S/c1-4-5-8(9(13)14)12-10-11-6(2)7(3)15-10/h1,8H,5H2,2-3H3,(H,11,12)(H,13,14). The molecule has 0 aliphatic carbocycles. The number of carboxylic acid groups (broad SMARTS) is 1. The van der Waals surface area contributed by atoms with Crippen molar-refractivity contribution in [1.82, 2.24) is 4.98 Å². The lowest BCUT2D eigenvalue weighted by atomic mass is 10.2. The highest BCUT2D eigenvalue weighted by Gasteiger charge is 2.17. The normalized spacial score (nSPS) is 11.8. The first-order chi connectivity index (χ1) is 7.04. The Hall–Kier alpha value is -1.54. The van der Waals surface area contributed by atoms with Gasteiger partial charge in [-0.3, -0.25) is 0 Å². The molecule has 0 amide bonds. The van der Waals surface area contributed by atoms with E-state index in [4.69, 9.17) is 11.5 Å². The maximum absolute atomic E-state index is 10.8. The second-order valence-corrected chi connectivity index (χ2v) is 4.31. The van der Waals surface area contributed by atoms with E-state index in [1.54, 1.807) is 0 Å². The van der Waals surface area contributed by atoms with Crippen LogP contribution < -0.4 is 5.32 Å². The summed E-state index contributed by atoms with van der Waals surface area (Å²) < 4.78 is 0. The van der Waals surface area contributed by atoms with E-state index >= 15 is 0 Å². The molecular weight excluding hydrogens is 212 g/mol. The van der Waals surface area contributed by atoms with E-state index in [1.807, 2.05) is 13.8 Å². The number of carbonyl (C=O) groups is 1. The summed E-state index contributed by atoms with van der Waals surface area (Å²) in [6, 6.07) is -0.764. The number of aromatic nitrogens is 1. The summed E-state index contributed by atoms with van der Waals surface area (Å²) in [4.78, 5) is 16.1. The van der Waals surface area contributed by atoms with Crippen molar-refractivity contribution < 1.29 is 9.90 Å². The maximum Gasteiger partial charge on any atom is 0.327 e. The third-order valence-electron chi connectivity index (χ3n) is 1.95. The van der Waals surface area contributed by atoms with Crippen LogP contribution in [0.5, 0.6) is 0 Å². The Morgan fingerprint density at radius 2 is 2.40 bits per heavy atom. The molecular formula is C10H12N2O2S. The van der Waals surface area contributed by atoms with Gasteiger partial charge in [0.15, 0.2) is 5.13 Å². The Balaban J connectivity index is 2.75. The second kappa shape index (κ2) is 4.80. The van der Waals surface area contributed by atoms with Crippen LogP contribution >= 0.6 is 11.3 Å². The topological polar surface area (TPSA) is 62.2 Å². The first kappa shape index (κ1) is 11.5. The molecule has 0 saturated carbocycles. The van der Waals surface area contributed by atoms with Crippen molar-refractivity contribution in [3.05, 3.63) is 10.6 Å². The molecule has 0 spiro atoms. The molecule has 1 unspecified atom stereocenters. The molecule has 0 fully saturated rings. The van der Waals surface area contributed by atoms with E-state index in [9.17, 15) is 4.79 Å². The number of aliphatic carboxylic acids is 1. The number of carboxylic acids is 1. The van der Waals surface area contributed by atoms with Crippen molar-refractivity contribution in [2.45, 2.75) is 26.3 Å². The van der Waals surface area contributed by atoms with E-state index in [2.05, 4.69) is 16.2 Å². The van der Waals surface area contributed by atoms with Crippen molar-refractivity contribution in [1.29, 1.82) is 0 Å². The van der Waals surface area contributed by atoms with E-state index in [1.165, 1.54) is 11.3 Å². The highest BCUT2D eigenvalue weighted by molar-refractivity contribution is 7.15. The van der Waals surface area contributed by atoms with Crippen LogP contribution in [0.25, 0.3) is 0 Å². The van der Waals surface area contributed by atoms with Gasteiger partial charge in [0.05, 0.1) is 5.69 Å². The van der Waals surface area contributed by atoms with Crippen LogP contribution in [0.2, 0.25) is 0 Å². The molecule has 1 aromatic heterocycles. The average Bonchev–Trinajstić information content (AvgIpc) is 2.45. The van der Waals surface area contributed by atoms with E-state index < -0.39 is 12.0 Å². The predicted octanol–water partition coefficient (Wildman–Crippen LogP) is 1.65. The summed E-state index contributed by atoms with van der Waals surface area (Å²) >= 11 is 1.43. The van der Waals surface area contributed by atoms with Crippen molar-refractivity contribution in [3.8, 4) is 12.3 Å². The molecule has 1 rings (SSSR count). The minimum absolute atomic E-state index is 0.146. The minimum Gasteiger partial charge on any atom is -0.480 e. The Labute approximate surface area is 92.4 Å². The predicted molar refractivity (Wildman–Crippen MR) is 60.1 cm³/mol. The first-order valence-corrected chi connectivity index (χ1v) is 5.23. The average molecular weight is 224 g/mol. The lowest BCUT2D eigenvalue weighted by molar-refractivity contribution is -0.137. The van der Waals surface area contributed by atoms with Gasteiger partial charge >= 0.3 is 5.97 Å². The second-order valence-electron chi connectivity index (χ2n) is 3.10. The number of hydrogen-bond donors (Lipinski definition) is 2. The fourth-order valence-corrected chi connectivity index (χ4v) is 1.87. The largest absolute Gasteiger partial charge is 0.480 e. The summed E-state index contributed by atoms with van der Waals surface area (Å²) in [7, 11) is 0. The smallest absolute Gasteiger partial charge is 0.327 e. The number of terminal acetylenes is 1. The van der Waals surface area contributed by atoms with Gasteiger partial charge in [-0.25, -0.2) is 9.78 Å². The van der Waals surface area contributed by atoms with Crippen LogP contribution in [0.3, 0.4) is 0 Å². The summed E-state index contributed by atoms with van der Waals surface area (Å²) in [6.45, 7) is 3.82. The molecule has 1 atom stereocenters. The SMILES string of the molecule is C#CCC(Nc1nc(C)c(C)s1)C(=O)O. The van der Waals surface area contributed by atoms with E-state index in [-0.39, 0.29) is 6.42 Å². The van der Waals surface area contributed by atoms with Gasteiger partial charge in [0.2, 0.25) is 0 Å². The van der Waals surface area contributed by atoms with Crippen LogP contribution in [0.15, 0.2) is 0 Å². The molecule has 2 N–H and O–H groups in total. The van der Waals surface area contributed by atoms with Crippen LogP contribution in [0.4, 0.5) is 5.13 Å². The summed E-state index contributed by atoms with van der Waals surface area (Å²) in [5.74, 6) is 1.36. The van der Waals surface area contributed by atoms with Gasteiger partial charge in [-0.1, -0.05) is 0 Å². The zero-order chi connectivity index (χ0) is 11.4. The number of rotatable bonds is 4. The van der Waals surface area contributed by atoms with Crippen LogP contribution in [-0.2, 0) is 4.79 Å². The Kier molecular flexibility index (Phi) is 3.69. The lowest BCUT2D eigenvalue weighted by Crippen LogP contribution is -2.28. The zero-order valence-electron chi connectivity index (χ0n) is 8.57. The number of nitrogens with zero attached hydrogens (tertiary/aromatic N) is 1.